The van der Waals surface area contributed by atoms with Gasteiger partial charge in [0.2, 0.25) is 16.8 Å². The predicted molar refractivity (Wildman–Crippen MR) is 96.4 cm³/mol. The smallest absolute Gasteiger partial charge is 0.243 e. The van der Waals surface area contributed by atoms with Crippen molar-refractivity contribution in [2.24, 2.45) is 0 Å². The Kier molecular flexibility index (Phi) is 5.03. The Morgan fingerprint density at radius 2 is 1.77 bits per heavy atom. The van der Waals surface area contributed by atoms with Crippen molar-refractivity contribution in [1.82, 2.24) is 19.7 Å². The minimum Gasteiger partial charge on any atom is -0.494 e. The average molecular weight is 375 g/mol. The summed E-state index contributed by atoms with van der Waals surface area (Å²) < 4.78 is 37.2. The van der Waals surface area contributed by atoms with Crippen LogP contribution in [0.4, 0.5) is 5.95 Å². The van der Waals surface area contributed by atoms with Gasteiger partial charge in [-0.15, -0.1) is 10.2 Å². The summed E-state index contributed by atoms with van der Waals surface area (Å²) in [5, 5.41) is 8.11. The maximum atomic E-state index is 11.2. The number of ether oxygens (including phenoxy) is 2. The number of rotatable bonds is 6. The third-order valence-electron chi connectivity index (χ3n) is 3.61. The van der Waals surface area contributed by atoms with Crippen LogP contribution < -0.4 is 14.2 Å². The van der Waals surface area contributed by atoms with Crippen LogP contribution in [0.25, 0.3) is 17.1 Å². The molecule has 0 amide bonds. The van der Waals surface area contributed by atoms with Gasteiger partial charge in [0.15, 0.2) is 5.82 Å². The number of hydrogen-bond acceptors (Lipinski definition) is 7. The second kappa shape index (κ2) is 7.40. The zero-order chi connectivity index (χ0) is 18.7. The number of aryl methyl sites for hydroxylation is 1. The summed E-state index contributed by atoms with van der Waals surface area (Å²) in [5.74, 6) is 1.34. The maximum Gasteiger partial charge on any atom is 0.243 e. The zero-order valence-corrected chi connectivity index (χ0v) is 15.2. The van der Waals surface area contributed by atoms with Gasteiger partial charge >= 0.3 is 0 Å². The number of methoxy groups -OCH3 is 2. The van der Waals surface area contributed by atoms with Crippen LogP contribution in [-0.4, -0.2) is 42.4 Å². The molecule has 0 fully saturated rings. The van der Waals surface area contributed by atoms with Crippen LogP contribution in [0.5, 0.6) is 11.5 Å². The number of nitrogens with zero attached hydrogens (tertiary/aromatic N) is 4. The topological polar surface area (TPSA) is 108 Å². The lowest BCUT2D eigenvalue weighted by atomic mass is 10.2. The molecule has 0 radical (unpaired) electrons. The fourth-order valence-corrected chi connectivity index (χ4v) is 2.87. The zero-order valence-electron chi connectivity index (χ0n) is 14.3. The summed E-state index contributed by atoms with van der Waals surface area (Å²) in [4.78, 5) is 4.17. The van der Waals surface area contributed by atoms with Crippen LogP contribution in [0.2, 0.25) is 0 Å². The van der Waals surface area contributed by atoms with Gasteiger partial charge in [-0.05, 0) is 30.7 Å². The molecule has 9 nitrogen and oxygen atoms in total. The SMILES string of the molecule is COc1cccc(OC)c1-n1c(N[SH](=O)=O)nnc1-c1cncc(C)c1. The first-order valence-electron chi connectivity index (χ1n) is 7.55. The molecule has 26 heavy (non-hydrogen) atoms. The number of benzene rings is 1. The summed E-state index contributed by atoms with van der Waals surface area (Å²) in [6.45, 7) is 1.90. The van der Waals surface area contributed by atoms with Gasteiger partial charge in [0.05, 0.1) is 14.2 Å². The van der Waals surface area contributed by atoms with Crippen LogP contribution in [0.15, 0.2) is 36.7 Å². The highest BCUT2D eigenvalue weighted by molar-refractivity contribution is 7.73. The van der Waals surface area contributed by atoms with Crippen molar-refractivity contribution in [3.63, 3.8) is 0 Å². The Hall–Kier alpha value is -3.14. The molecule has 2 aromatic heterocycles. The molecular formula is C16H17N5O4S. The van der Waals surface area contributed by atoms with Crippen molar-refractivity contribution >= 4 is 16.8 Å². The van der Waals surface area contributed by atoms with E-state index in [2.05, 4.69) is 19.9 Å². The van der Waals surface area contributed by atoms with E-state index in [-0.39, 0.29) is 5.95 Å². The summed E-state index contributed by atoms with van der Waals surface area (Å²) in [7, 11) is 0.0797. The van der Waals surface area contributed by atoms with Crippen molar-refractivity contribution < 1.29 is 17.9 Å². The van der Waals surface area contributed by atoms with E-state index in [9.17, 15) is 8.42 Å². The molecule has 0 unspecified atom stereocenters. The number of nitrogens with one attached hydrogen (secondary N) is 1. The predicted octanol–water partition coefficient (Wildman–Crippen LogP) is 1.59. The van der Waals surface area contributed by atoms with Gasteiger partial charge in [-0.3, -0.25) is 14.3 Å². The van der Waals surface area contributed by atoms with E-state index < -0.39 is 10.9 Å². The first kappa shape index (κ1) is 17.7. The monoisotopic (exact) mass is 375 g/mol. The van der Waals surface area contributed by atoms with Gasteiger partial charge in [0.25, 0.3) is 0 Å². The standard InChI is InChI=1S/C16H17N5O4S/c1-10-7-11(9-17-8-10)15-18-19-16(20-26(22)23)21(15)14-12(24-2)5-4-6-13(14)25-3/h4-9,26H,1-3H3,(H,19,20,22,23). The Morgan fingerprint density at radius 3 is 2.35 bits per heavy atom. The van der Waals surface area contributed by atoms with Crippen molar-refractivity contribution in [1.29, 1.82) is 0 Å². The molecule has 0 aliphatic carbocycles. The van der Waals surface area contributed by atoms with Gasteiger partial charge in [0.1, 0.15) is 17.2 Å². The van der Waals surface area contributed by atoms with E-state index in [1.807, 2.05) is 13.0 Å². The van der Waals surface area contributed by atoms with E-state index in [0.29, 0.717) is 28.6 Å². The van der Waals surface area contributed by atoms with Crippen molar-refractivity contribution in [3.8, 4) is 28.6 Å². The molecule has 3 aromatic rings. The van der Waals surface area contributed by atoms with Crippen LogP contribution in [0.3, 0.4) is 0 Å². The third kappa shape index (κ3) is 3.31. The molecule has 10 heteroatoms. The molecule has 0 bridgehead atoms. The average Bonchev–Trinajstić information content (AvgIpc) is 3.03. The highest BCUT2D eigenvalue weighted by atomic mass is 32.2. The first-order valence-corrected chi connectivity index (χ1v) is 8.72. The minimum atomic E-state index is -2.94. The summed E-state index contributed by atoms with van der Waals surface area (Å²) >= 11 is 0. The highest BCUT2D eigenvalue weighted by Gasteiger charge is 2.22. The van der Waals surface area contributed by atoms with Crippen LogP contribution >= 0.6 is 0 Å². The highest BCUT2D eigenvalue weighted by Crippen LogP contribution is 2.37. The Morgan fingerprint density at radius 1 is 1.08 bits per heavy atom. The number of aromatic nitrogens is 4. The molecule has 0 saturated carbocycles. The summed E-state index contributed by atoms with van der Waals surface area (Å²) in [5.41, 5.74) is 2.06. The van der Waals surface area contributed by atoms with Gasteiger partial charge in [-0.25, -0.2) is 8.42 Å². The number of hydrogen-bond donors (Lipinski definition) is 2. The Labute approximate surface area is 151 Å². The molecule has 1 aromatic carbocycles. The molecule has 0 atom stereocenters. The molecular weight excluding hydrogens is 358 g/mol. The normalized spacial score (nSPS) is 10.8. The quantitative estimate of drug-likeness (QED) is 0.630. The molecule has 136 valence electrons. The Bertz CT molecular complexity index is 985. The third-order valence-corrected chi connectivity index (χ3v) is 4.00. The van der Waals surface area contributed by atoms with Crippen LogP contribution in [-0.2, 0) is 10.9 Å². The number of pyridine rings is 1. The Balaban J connectivity index is 2.34. The van der Waals surface area contributed by atoms with Gasteiger partial charge in [-0.2, -0.15) is 0 Å². The van der Waals surface area contributed by atoms with Crippen molar-refractivity contribution in [2.75, 3.05) is 18.9 Å². The second-order valence-electron chi connectivity index (χ2n) is 5.31. The number of para-hydroxylation sites is 1. The van der Waals surface area contributed by atoms with Crippen molar-refractivity contribution in [3.05, 3.63) is 42.2 Å². The second-order valence-corrected chi connectivity index (χ2v) is 6.05. The van der Waals surface area contributed by atoms with Gasteiger partial charge in [-0.1, -0.05) is 6.07 Å². The molecule has 2 heterocycles. The van der Waals surface area contributed by atoms with Gasteiger partial charge in [0, 0.05) is 18.0 Å². The summed E-state index contributed by atoms with van der Waals surface area (Å²) in [6.07, 6.45) is 3.33. The van der Waals surface area contributed by atoms with E-state index in [1.165, 1.54) is 18.8 Å². The molecule has 0 aliphatic heterocycles. The van der Waals surface area contributed by atoms with Crippen LogP contribution in [0.1, 0.15) is 5.56 Å². The lowest BCUT2D eigenvalue weighted by Crippen LogP contribution is -2.08. The molecule has 0 spiro atoms. The number of anilines is 1. The van der Waals surface area contributed by atoms with Crippen molar-refractivity contribution in [2.45, 2.75) is 6.92 Å². The van der Waals surface area contributed by atoms with E-state index in [1.54, 1.807) is 30.6 Å². The molecule has 0 saturated heterocycles. The molecule has 0 aliphatic rings. The van der Waals surface area contributed by atoms with E-state index in [4.69, 9.17) is 9.47 Å². The van der Waals surface area contributed by atoms with E-state index >= 15 is 0 Å². The summed E-state index contributed by atoms with van der Waals surface area (Å²) in [6, 6.07) is 7.10. The lowest BCUT2D eigenvalue weighted by molar-refractivity contribution is 0.391. The van der Waals surface area contributed by atoms with Gasteiger partial charge < -0.3 is 9.47 Å². The molecule has 3 rings (SSSR count). The minimum absolute atomic E-state index is 0.0143. The number of thiol groups is 1. The lowest BCUT2D eigenvalue weighted by Gasteiger charge is -2.16. The molecule has 1 N–H and O–H groups in total. The van der Waals surface area contributed by atoms with Crippen LogP contribution in [0, 0.1) is 6.92 Å². The fraction of sp³-hybridized carbons (Fsp3) is 0.188. The van der Waals surface area contributed by atoms with E-state index in [0.717, 1.165) is 5.56 Å². The largest absolute Gasteiger partial charge is 0.494 e. The first-order chi connectivity index (χ1) is 12.5. The maximum absolute atomic E-state index is 11.2. The fourth-order valence-electron chi connectivity index (χ4n) is 2.57.